The van der Waals surface area contributed by atoms with Gasteiger partial charge in [-0.1, -0.05) is 24.3 Å². The number of alkyl halides is 1. The molecule has 0 unspecified atom stereocenters. The minimum Gasteiger partial charge on any atom is -0.366 e. The number of primary amides is 1. The van der Waals surface area contributed by atoms with Crippen LogP contribution in [0, 0.1) is 12.7 Å². The zero-order valence-corrected chi connectivity index (χ0v) is 20.8. The maximum atomic E-state index is 14.3. The summed E-state index contributed by atoms with van der Waals surface area (Å²) in [5.41, 5.74) is 6.45. The lowest BCUT2D eigenvalue weighted by Crippen LogP contribution is -2.42. The first-order valence-corrected chi connectivity index (χ1v) is 13.2. The third kappa shape index (κ3) is 5.49. The average molecular weight is 533 g/mol. The van der Waals surface area contributed by atoms with Crippen LogP contribution < -0.4 is 11.0 Å². The first kappa shape index (κ1) is 26.7. The van der Waals surface area contributed by atoms with Crippen molar-refractivity contribution in [3.63, 3.8) is 0 Å². The monoisotopic (exact) mass is 533 g/mol. The summed E-state index contributed by atoms with van der Waals surface area (Å²) in [7, 11) is -4.63. The number of aryl methyl sites for hydroxylation is 2. The van der Waals surface area contributed by atoms with E-state index in [1.54, 1.807) is 25.1 Å². The first-order valence-electron chi connectivity index (χ1n) is 11.6. The van der Waals surface area contributed by atoms with Crippen LogP contribution in [0.15, 0.2) is 42.6 Å². The molecule has 0 aliphatic carbocycles. The molecular weight excluding hydrogens is 507 g/mol. The van der Waals surface area contributed by atoms with Gasteiger partial charge >= 0.3 is 7.60 Å². The van der Waals surface area contributed by atoms with E-state index >= 15 is 0 Å². The summed E-state index contributed by atoms with van der Waals surface area (Å²) in [5.74, 6) is -2.22. The van der Waals surface area contributed by atoms with E-state index in [2.05, 4.69) is 0 Å². The molecule has 2 heterocycles. The number of benzene rings is 2. The molecule has 196 valence electrons. The molecule has 4 N–H and O–H groups in total. The van der Waals surface area contributed by atoms with Crippen LogP contribution in [0.1, 0.15) is 34.3 Å². The van der Waals surface area contributed by atoms with Crippen molar-refractivity contribution in [2.45, 2.75) is 44.9 Å². The molecule has 2 atom stereocenters. The van der Waals surface area contributed by atoms with E-state index in [1.807, 2.05) is 0 Å². The van der Waals surface area contributed by atoms with Crippen molar-refractivity contribution in [1.29, 1.82) is 0 Å². The number of aromatic nitrogens is 1. The van der Waals surface area contributed by atoms with Crippen molar-refractivity contribution in [2.75, 3.05) is 6.54 Å². The van der Waals surface area contributed by atoms with Crippen molar-refractivity contribution >= 4 is 41.4 Å². The highest BCUT2D eigenvalue weighted by atomic mass is 31.2. The highest BCUT2D eigenvalue weighted by molar-refractivity contribution is 7.60. The van der Waals surface area contributed by atoms with Crippen LogP contribution in [0.4, 0.5) is 8.78 Å². The van der Waals surface area contributed by atoms with Crippen LogP contribution in [-0.2, 0) is 27.1 Å². The summed E-state index contributed by atoms with van der Waals surface area (Å²) in [6, 6.07) is 7.50. The molecule has 0 spiro atoms. The number of ketones is 1. The van der Waals surface area contributed by atoms with Gasteiger partial charge in [0, 0.05) is 24.4 Å². The standard InChI is InChI=1S/C25H26F2N3O6P/c1-14-3-2-4-15(24(14)27)5-8-22(31)21-9-16(26)11-30(21)23(32)13-29-12-19(25(28)33)18-7-6-17(10-20(18)29)37(34,35)36/h2-4,6-7,10,12,16,21H,5,8-9,11,13H2,1H3,(H2,28,33)(H2,34,35,36)/t16-,21+/m1/s1. The lowest BCUT2D eigenvalue weighted by atomic mass is 10.00. The highest BCUT2D eigenvalue weighted by Crippen LogP contribution is 2.35. The number of nitrogens with zero attached hydrogens (tertiary/aromatic N) is 2. The largest absolute Gasteiger partial charge is 0.366 e. The molecule has 2 amide bonds. The number of hydrogen-bond acceptors (Lipinski definition) is 4. The fourth-order valence-corrected chi connectivity index (χ4v) is 5.28. The summed E-state index contributed by atoms with van der Waals surface area (Å²) in [6.45, 7) is 0.893. The van der Waals surface area contributed by atoms with E-state index in [4.69, 9.17) is 5.73 Å². The number of hydrogen-bond donors (Lipinski definition) is 3. The SMILES string of the molecule is Cc1cccc(CCC(=O)[C@@H]2C[C@@H](F)CN2C(=O)Cn2cc(C(N)=O)c3ccc(P(=O)(O)O)cc32)c1F. The Hall–Kier alpha value is -3.40. The highest BCUT2D eigenvalue weighted by Gasteiger charge is 2.39. The van der Waals surface area contributed by atoms with Crippen LogP contribution in [0.5, 0.6) is 0 Å². The van der Waals surface area contributed by atoms with E-state index in [1.165, 1.54) is 22.9 Å². The molecule has 1 aromatic heterocycles. The predicted molar refractivity (Wildman–Crippen MR) is 132 cm³/mol. The lowest BCUT2D eigenvalue weighted by Gasteiger charge is -2.24. The third-order valence-corrected chi connectivity index (χ3v) is 7.58. The Morgan fingerprint density at radius 1 is 1.19 bits per heavy atom. The van der Waals surface area contributed by atoms with Crippen molar-refractivity contribution in [2.24, 2.45) is 5.73 Å². The molecule has 0 saturated carbocycles. The van der Waals surface area contributed by atoms with E-state index < -0.39 is 49.8 Å². The fourth-order valence-electron chi connectivity index (χ4n) is 4.72. The van der Waals surface area contributed by atoms with Gasteiger partial charge in [-0.25, -0.2) is 8.78 Å². The third-order valence-electron chi connectivity index (χ3n) is 6.63. The van der Waals surface area contributed by atoms with Gasteiger partial charge in [0.1, 0.15) is 18.5 Å². The molecule has 4 rings (SSSR count). The first-order chi connectivity index (χ1) is 17.4. The van der Waals surface area contributed by atoms with Gasteiger partial charge in [-0.05, 0) is 36.6 Å². The Labute approximate surface area is 211 Å². The smallest absolute Gasteiger partial charge is 0.356 e. The van der Waals surface area contributed by atoms with Crippen molar-refractivity contribution in [3.05, 3.63) is 65.1 Å². The van der Waals surface area contributed by atoms with E-state index in [0.29, 0.717) is 11.1 Å². The molecule has 1 fully saturated rings. The zero-order valence-electron chi connectivity index (χ0n) is 19.9. The number of Topliss-reactive ketones (excluding diaryl/α,β-unsaturated/α-hetero) is 1. The number of carbonyl (C=O) groups is 3. The molecule has 0 bridgehead atoms. The maximum absolute atomic E-state index is 14.3. The summed E-state index contributed by atoms with van der Waals surface area (Å²) in [6.07, 6.45) is -0.281. The quantitative estimate of drug-likeness (QED) is 0.379. The van der Waals surface area contributed by atoms with Crippen molar-refractivity contribution < 1.29 is 37.5 Å². The van der Waals surface area contributed by atoms with Crippen molar-refractivity contribution in [1.82, 2.24) is 9.47 Å². The van der Waals surface area contributed by atoms with E-state index in [-0.39, 0.29) is 47.6 Å². The lowest BCUT2D eigenvalue weighted by molar-refractivity contribution is -0.138. The second kappa shape index (κ2) is 10.2. The maximum Gasteiger partial charge on any atom is 0.356 e. The minimum atomic E-state index is -4.63. The summed E-state index contributed by atoms with van der Waals surface area (Å²) in [4.78, 5) is 58.3. The van der Waals surface area contributed by atoms with E-state index in [9.17, 15) is 37.5 Å². The zero-order chi connectivity index (χ0) is 27.1. The molecule has 0 radical (unpaired) electrons. The topological polar surface area (TPSA) is 143 Å². The van der Waals surface area contributed by atoms with Crippen LogP contribution in [0.25, 0.3) is 10.9 Å². The number of rotatable bonds is 8. The van der Waals surface area contributed by atoms with Gasteiger partial charge in [0.15, 0.2) is 5.78 Å². The van der Waals surface area contributed by atoms with Crippen LogP contribution in [-0.4, -0.2) is 55.6 Å². The fraction of sp³-hybridized carbons (Fsp3) is 0.320. The van der Waals surface area contributed by atoms with Gasteiger partial charge in [-0.15, -0.1) is 0 Å². The summed E-state index contributed by atoms with van der Waals surface area (Å²) < 4.78 is 41.7. The Kier molecular flexibility index (Phi) is 7.32. The second-order valence-electron chi connectivity index (χ2n) is 9.19. The van der Waals surface area contributed by atoms with Gasteiger partial charge in [-0.2, -0.15) is 0 Å². The van der Waals surface area contributed by atoms with Gasteiger partial charge in [0.2, 0.25) is 5.91 Å². The van der Waals surface area contributed by atoms with Crippen LogP contribution >= 0.6 is 7.60 Å². The molecular formula is C25H26F2N3O6P. The number of amides is 2. The molecule has 12 heteroatoms. The number of fused-ring (bicyclic) bond motifs is 1. The molecule has 2 aromatic carbocycles. The Bertz CT molecular complexity index is 1450. The molecule has 9 nitrogen and oxygen atoms in total. The molecule has 37 heavy (non-hydrogen) atoms. The molecule has 1 saturated heterocycles. The molecule has 1 aliphatic rings. The summed E-state index contributed by atoms with van der Waals surface area (Å²) >= 11 is 0. The average Bonchev–Trinajstić information content (AvgIpc) is 3.40. The van der Waals surface area contributed by atoms with Crippen LogP contribution in [0.2, 0.25) is 0 Å². The molecule has 1 aliphatic heterocycles. The van der Waals surface area contributed by atoms with E-state index in [0.717, 1.165) is 11.0 Å². The normalized spacial score (nSPS) is 17.9. The number of nitrogens with two attached hydrogens (primary N) is 1. The van der Waals surface area contributed by atoms with Gasteiger partial charge in [-0.3, -0.25) is 18.9 Å². The van der Waals surface area contributed by atoms with Crippen molar-refractivity contribution in [3.8, 4) is 0 Å². The van der Waals surface area contributed by atoms with Gasteiger partial charge in [0.05, 0.1) is 29.0 Å². The number of likely N-dealkylation sites (tertiary alicyclic amines) is 1. The predicted octanol–water partition coefficient (Wildman–Crippen LogP) is 2.13. The Balaban J connectivity index is 1.57. The van der Waals surface area contributed by atoms with Crippen LogP contribution in [0.3, 0.4) is 0 Å². The second-order valence-corrected chi connectivity index (χ2v) is 10.8. The summed E-state index contributed by atoms with van der Waals surface area (Å²) in [5, 5.41) is -0.0284. The number of halogens is 2. The number of carbonyl (C=O) groups excluding carboxylic acids is 3. The molecule has 3 aromatic rings. The Morgan fingerprint density at radius 3 is 2.59 bits per heavy atom. The Morgan fingerprint density at radius 2 is 1.92 bits per heavy atom. The van der Waals surface area contributed by atoms with Gasteiger partial charge in [0.25, 0.3) is 5.91 Å². The van der Waals surface area contributed by atoms with Gasteiger partial charge < -0.3 is 25.0 Å². The minimum absolute atomic E-state index is 0.0395.